The van der Waals surface area contributed by atoms with E-state index in [0.29, 0.717) is 6.42 Å². The first-order valence-electron chi connectivity index (χ1n) is 6.23. The fourth-order valence-corrected chi connectivity index (χ4v) is 2.23. The summed E-state index contributed by atoms with van der Waals surface area (Å²) in [5.41, 5.74) is 2.17. The standard InChI is InChI=1S/C15H19NO3/c1-9-5-10-7-13(19-4)11(6-12(10)16-9)8-15(2,3)14(17)18/h5-7,16H,8H2,1-4H3,(H,17,18). The first-order chi connectivity index (χ1) is 8.83. The lowest BCUT2D eigenvalue weighted by Crippen LogP contribution is -2.26. The van der Waals surface area contributed by atoms with Gasteiger partial charge in [0.05, 0.1) is 12.5 Å². The van der Waals surface area contributed by atoms with Gasteiger partial charge in [0.15, 0.2) is 0 Å². The third-order valence-corrected chi connectivity index (χ3v) is 3.37. The van der Waals surface area contributed by atoms with Gasteiger partial charge in [0.2, 0.25) is 0 Å². The van der Waals surface area contributed by atoms with E-state index in [1.54, 1.807) is 21.0 Å². The lowest BCUT2D eigenvalue weighted by atomic mass is 9.85. The SMILES string of the molecule is COc1cc2cc(C)[nH]c2cc1CC(C)(C)C(=O)O. The fraction of sp³-hybridized carbons (Fsp3) is 0.400. The van der Waals surface area contributed by atoms with Crippen molar-refractivity contribution in [1.82, 2.24) is 4.98 Å². The molecule has 2 aromatic rings. The van der Waals surface area contributed by atoms with E-state index in [9.17, 15) is 9.90 Å². The zero-order valence-electron chi connectivity index (χ0n) is 11.7. The Balaban J connectivity index is 2.49. The number of nitrogens with one attached hydrogen (secondary N) is 1. The Kier molecular flexibility index (Phi) is 3.27. The summed E-state index contributed by atoms with van der Waals surface area (Å²) in [6.07, 6.45) is 0.430. The van der Waals surface area contributed by atoms with Gasteiger partial charge in [0.1, 0.15) is 5.75 Å². The molecular formula is C15H19NO3. The number of H-pyrrole nitrogens is 1. The highest BCUT2D eigenvalue weighted by atomic mass is 16.5. The van der Waals surface area contributed by atoms with Gasteiger partial charge in [0, 0.05) is 16.6 Å². The van der Waals surface area contributed by atoms with Crippen molar-refractivity contribution in [2.75, 3.05) is 7.11 Å². The Bertz CT molecular complexity index is 626. The second kappa shape index (κ2) is 4.61. The van der Waals surface area contributed by atoms with E-state index >= 15 is 0 Å². The maximum Gasteiger partial charge on any atom is 0.309 e. The molecule has 4 nitrogen and oxygen atoms in total. The highest BCUT2D eigenvalue weighted by Crippen LogP contribution is 2.32. The van der Waals surface area contributed by atoms with Crippen LogP contribution in [0, 0.1) is 12.3 Å². The molecule has 0 amide bonds. The number of aromatic amines is 1. The number of benzene rings is 1. The van der Waals surface area contributed by atoms with E-state index in [2.05, 4.69) is 4.98 Å². The monoisotopic (exact) mass is 261 g/mol. The van der Waals surface area contributed by atoms with E-state index < -0.39 is 11.4 Å². The zero-order valence-corrected chi connectivity index (χ0v) is 11.7. The highest BCUT2D eigenvalue weighted by Gasteiger charge is 2.28. The van der Waals surface area contributed by atoms with Gasteiger partial charge in [-0.05, 0) is 51.0 Å². The second-order valence-electron chi connectivity index (χ2n) is 5.57. The Morgan fingerprint density at radius 2 is 2.05 bits per heavy atom. The number of rotatable bonds is 4. The lowest BCUT2D eigenvalue weighted by molar-refractivity contribution is -0.146. The molecule has 1 aromatic heterocycles. The number of methoxy groups -OCH3 is 1. The fourth-order valence-electron chi connectivity index (χ4n) is 2.23. The number of fused-ring (bicyclic) bond motifs is 1. The number of carboxylic acid groups (broad SMARTS) is 1. The number of aliphatic carboxylic acids is 1. The number of carbonyl (C=O) groups is 1. The smallest absolute Gasteiger partial charge is 0.309 e. The van der Waals surface area contributed by atoms with Gasteiger partial charge in [0.25, 0.3) is 0 Å². The molecule has 1 heterocycles. The predicted octanol–water partition coefficient (Wildman–Crippen LogP) is 3.14. The molecule has 0 unspecified atom stereocenters. The van der Waals surface area contributed by atoms with Crippen molar-refractivity contribution in [2.45, 2.75) is 27.2 Å². The summed E-state index contributed by atoms with van der Waals surface area (Å²) in [5, 5.41) is 10.3. The Labute approximate surface area is 112 Å². The minimum Gasteiger partial charge on any atom is -0.496 e. The van der Waals surface area contributed by atoms with E-state index in [0.717, 1.165) is 27.9 Å². The predicted molar refractivity (Wildman–Crippen MR) is 74.7 cm³/mol. The second-order valence-corrected chi connectivity index (χ2v) is 5.57. The molecule has 0 spiro atoms. The molecule has 4 heteroatoms. The van der Waals surface area contributed by atoms with Gasteiger partial charge >= 0.3 is 5.97 Å². The van der Waals surface area contributed by atoms with Crippen LogP contribution in [-0.2, 0) is 11.2 Å². The molecule has 2 N–H and O–H groups in total. The Morgan fingerprint density at radius 3 is 2.63 bits per heavy atom. The van der Waals surface area contributed by atoms with Gasteiger partial charge in [-0.3, -0.25) is 4.79 Å². The van der Waals surface area contributed by atoms with Crippen molar-refractivity contribution in [1.29, 1.82) is 0 Å². The molecule has 0 bridgehead atoms. The van der Waals surface area contributed by atoms with Crippen molar-refractivity contribution in [2.24, 2.45) is 5.41 Å². The van der Waals surface area contributed by atoms with Gasteiger partial charge in [-0.1, -0.05) is 0 Å². The van der Waals surface area contributed by atoms with Crippen LogP contribution in [-0.4, -0.2) is 23.2 Å². The van der Waals surface area contributed by atoms with Crippen LogP contribution in [0.5, 0.6) is 5.75 Å². The highest BCUT2D eigenvalue weighted by molar-refractivity contribution is 5.83. The Hall–Kier alpha value is -1.97. The third kappa shape index (κ3) is 2.57. The molecule has 0 atom stereocenters. The van der Waals surface area contributed by atoms with Gasteiger partial charge in [-0.2, -0.15) is 0 Å². The van der Waals surface area contributed by atoms with Crippen molar-refractivity contribution in [3.05, 3.63) is 29.5 Å². The number of hydrogen-bond donors (Lipinski definition) is 2. The molecule has 0 saturated heterocycles. The van der Waals surface area contributed by atoms with E-state index in [4.69, 9.17) is 4.74 Å². The van der Waals surface area contributed by atoms with Crippen molar-refractivity contribution >= 4 is 16.9 Å². The largest absolute Gasteiger partial charge is 0.496 e. The van der Waals surface area contributed by atoms with Gasteiger partial charge in [-0.25, -0.2) is 0 Å². The topological polar surface area (TPSA) is 62.3 Å². The quantitative estimate of drug-likeness (QED) is 0.888. The van der Waals surface area contributed by atoms with Crippen LogP contribution in [0.1, 0.15) is 25.1 Å². The van der Waals surface area contributed by atoms with Crippen LogP contribution in [0.2, 0.25) is 0 Å². The summed E-state index contributed by atoms with van der Waals surface area (Å²) in [6.45, 7) is 5.44. The van der Waals surface area contributed by atoms with Crippen LogP contribution in [0.15, 0.2) is 18.2 Å². The summed E-state index contributed by atoms with van der Waals surface area (Å²) in [5.74, 6) is -0.0712. The van der Waals surface area contributed by atoms with E-state index in [1.807, 2.05) is 25.1 Å². The van der Waals surface area contributed by atoms with E-state index in [1.165, 1.54) is 0 Å². The average molecular weight is 261 g/mol. The van der Waals surface area contributed by atoms with Crippen LogP contribution < -0.4 is 4.74 Å². The van der Waals surface area contributed by atoms with Crippen LogP contribution >= 0.6 is 0 Å². The number of aromatic nitrogens is 1. The average Bonchev–Trinajstić information content (AvgIpc) is 2.66. The Morgan fingerprint density at radius 1 is 1.37 bits per heavy atom. The molecular weight excluding hydrogens is 242 g/mol. The summed E-state index contributed by atoms with van der Waals surface area (Å²) < 4.78 is 5.38. The molecule has 2 rings (SSSR count). The van der Waals surface area contributed by atoms with Crippen molar-refractivity contribution in [3.8, 4) is 5.75 Å². The van der Waals surface area contributed by atoms with Crippen molar-refractivity contribution in [3.63, 3.8) is 0 Å². The maximum atomic E-state index is 11.2. The molecule has 1 aromatic carbocycles. The molecule has 0 saturated carbocycles. The summed E-state index contributed by atoms with van der Waals surface area (Å²) in [7, 11) is 1.61. The molecule has 0 aliphatic rings. The number of carboxylic acids is 1. The van der Waals surface area contributed by atoms with Gasteiger partial charge in [-0.15, -0.1) is 0 Å². The lowest BCUT2D eigenvalue weighted by Gasteiger charge is -2.20. The molecule has 19 heavy (non-hydrogen) atoms. The minimum atomic E-state index is -0.817. The first kappa shape index (κ1) is 13.5. The zero-order chi connectivity index (χ0) is 14.2. The minimum absolute atomic E-state index is 0.430. The number of ether oxygens (including phenoxy) is 1. The maximum absolute atomic E-state index is 11.2. The van der Waals surface area contributed by atoms with Gasteiger partial charge < -0.3 is 14.8 Å². The van der Waals surface area contributed by atoms with Crippen LogP contribution in [0.25, 0.3) is 10.9 Å². The summed E-state index contributed by atoms with van der Waals surface area (Å²) in [6, 6.07) is 5.97. The molecule has 0 fully saturated rings. The third-order valence-electron chi connectivity index (χ3n) is 3.37. The molecule has 0 aliphatic heterocycles. The van der Waals surface area contributed by atoms with Crippen molar-refractivity contribution < 1.29 is 14.6 Å². The van der Waals surface area contributed by atoms with E-state index in [-0.39, 0.29) is 0 Å². The first-order valence-corrected chi connectivity index (χ1v) is 6.23. The number of aryl methyl sites for hydroxylation is 1. The molecule has 0 aliphatic carbocycles. The number of hydrogen-bond acceptors (Lipinski definition) is 2. The molecule has 0 radical (unpaired) electrons. The normalized spacial score (nSPS) is 11.8. The summed E-state index contributed by atoms with van der Waals surface area (Å²) >= 11 is 0. The molecule has 102 valence electrons. The van der Waals surface area contributed by atoms with Crippen LogP contribution in [0.3, 0.4) is 0 Å². The summed E-state index contributed by atoms with van der Waals surface area (Å²) in [4.78, 5) is 14.5. The van der Waals surface area contributed by atoms with Crippen LogP contribution in [0.4, 0.5) is 0 Å².